The third-order valence-electron chi connectivity index (χ3n) is 3.48. The molecule has 2 rings (SSSR count). The van der Waals surface area contributed by atoms with E-state index in [1.165, 1.54) is 5.56 Å². The van der Waals surface area contributed by atoms with Crippen LogP contribution in [0.1, 0.15) is 27.0 Å². The summed E-state index contributed by atoms with van der Waals surface area (Å²) in [6.45, 7) is 3.93. The van der Waals surface area contributed by atoms with Crippen LogP contribution in [-0.4, -0.2) is 17.8 Å². The highest BCUT2D eigenvalue weighted by Crippen LogP contribution is 2.12. The lowest BCUT2D eigenvalue weighted by Crippen LogP contribution is -2.38. The fourth-order valence-corrected chi connectivity index (χ4v) is 2.47. The lowest BCUT2D eigenvalue weighted by Gasteiger charge is -2.17. The van der Waals surface area contributed by atoms with Gasteiger partial charge in [0.2, 0.25) is 0 Å². The van der Waals surface area contributed by atoms with Crippen molar-refractivity contribution in [1.29, 1.82) is 0 Å². The summed E-state index contributed by atoms with van der Waals surface area (Å²) in [6.07, 6.45) is 0.737. The largest absolute Gasteiger partial charge is 0.348 e. The molecule has 1 unspecified atom stereocenters. The molecule has 1 amide bonds. The number of carbonyl (C=O) groups is 1. The van der Waals surface area contributed by atoms with Gasteiger partial charge in [-0.15, -0.1) is 11.6 Å². The van der Waals surface area contributed by atoms with Gasteiger partial charge in [0.15, 0.2) is 0 Å². The van der Waals surface area contributed by atoms with Gasteiger partial charge in [0, 0.05) is 17.5 Å². The van der Waals surface area contributed by atoms with Crippen LogP contribution in [0, 0.1) is 13.8 Å². The minimum Gasteiger partial charge on any atom is -0.348 e. The number of rotatable bonds is 5. The Bertz CT molecular complexity index is 610. The zero-order valence-electron chi connectivity index (χ0n) is 12.4. The van der Waals surface area contributed by atoms with Crippen molar-refractivity contribution in [3.05, 3.63) is 70.8 Å². The molecule has 0 saturated heterocycles. The van der Waals surface area contributed by atoms with Crippen LogP contribution >= 0.6 is 11.6 Å². The lowest BCUT2D eigenvalue weighted by atomic mass is 10.0. The molecule has 0 aliphatic carbocycles. The molecule has 0 saturated carbocycles. The Hall–Kier alpha value is -1.80. The molecule has 0 heterocycles. The van der Waals surface area contributed by atoms with Crippen molar-refractivity contribution in [2.24, 2.45) is 0 Å². The molecule has 2 aromatic rings. The van der Waals surface area contributed by atoms with Gasteiger partial charge in [-0.2, -0.15) is 0 Å². The van der Waals surface area contributed by atoms with Crippen molar-refractivity contribution in [2.75, 3.05) is 5.88 Å². The van der Waals surface area contributed by atoms with E-state index in [1.807, 2.05) is 62.4 Å². The topological polar surface area (TPSA) is 29.1 Å². The second kappa shape index (κ2) is 7.28. The van der Waals surface area contributed by atoms with E-state index in [4.69, 9.17) is 11.6 Å². The maximum absolute atomic E-state index is 12.4. The predicted octanol–water partition coefficient (Wildman–Crippen LogP) is 3.88. The van der Waals surface area contributed by atoms with E-state index in [1.54, 1.807) is 0 Å². The predicted molar refractivity (Wildman–Crippen MR) is 88.0 cm³/mol. The molecule has 0 aliphatic heterocycles. The fourth-order valence-electron chi connectivity index (χ4n) is 2.29. The van der Waals surface area contributed by atoms with Crippen LogP contribution in [-0.2, 0) is 6.42 Å². The SMILES string of the molecule is Cc1ccc(C)c(C(=O)NC(CCl)Cc2ccccc2)c1. The Labute approximate surface area is 131 Å². The number of benzene rings is 2. The van der Waals surface area contributed by atoms with E-state index in [0.717, 1.165) is 23.1 Å². The zero-order chi connectivity index (χ0) is 15.2. The zero-order valence-corrected chi connectivity index (χ0v) is 13.2. The molecule has 1 N–H and O–H groups in total. The molecule has 2 nitrogen and oxygen atoms in total. The van der Waals surface area contributed by atoms with Gasteiger partial charge in [-0.05, 0) is 37.5 Å². The van der Waals surface area contributed by atoms with E-state index in [2.05, 4.69) is 5.32 Å². The maximum atomic E-state index is 12.4. The molecule has 0 spiro atoms. The van der Waals surface area contributed by atoms with E-state index in [0.29, 0.717) is 5.88 Å². The van der Waals surface area contributed by atoms with Crippen molar-refractivity contribution >= 4 is 17.5 Å². The number of nitrogens with one attached hydrogen (secondary N) is 1. The summed E-state index contributed by atoms with van der Waals surface area (Å²) < 4.78 is 0. The van der Waals surface area contributed by atoms with Crippen LogP contribution in [0.2, 0.25) is 0 Å². The number of amides is 1. The Balaban J connectivity index is 2.07. The van der Waals surface area contributed by atoms with Gasteiger partial charge in [0.25, 0.3) is 5.91 Å². The summed E-state index contributed by atoms with van der Waals surface area (Å²) in [5.41, 5.74) is 3.95. The van der Waals surface area contributed by atoms with Crippen LogP contribution in [0.25, 0.3) is 0 Å². The summed E-state index contributed by atoms with van der Waals surface area (Å²) in [7, 11) is 0. The third kappa shape index (κ3) is 4.33. The maximum Gasteiger partial charge on any atom is 0.251 e. The molecule has 3 heteroatoms. The summed E-state index contributed by atoms with van der Waals surface area (Å²) in [4.78, 5) is 12.4. The summed E-state index contributed by atoms with van der Waals surface area (Å²) in [5, 5.41) is 3.03. The monoisotopic (exact) mass is 301 g/mol. The van der Waals surface area contributed by atoms with E-state index in [9.17, 15) is 4.79 Å². The van der Waals surface area contributed by atoms with Gasteiger partial charge in [-0.3, -0.25) is 4.79 Å². The smallest absolute Gasteiger partial charge is 0.251 e. The van der Waals surface area contributed by atoms with Gasteiger partial charge in [-0.1, -0.05) is 48.0 Å². The Morgan fingerprint density at radius 3 is 2.52 bits per heavy atom. The first-order valence-electron chi connectivity index (χ1n) is 7.08. The molecule has 0 bridgehead atoms. The number of halogens is 1. The van der Waals surface area contributed by atoms with E-state index >= 15 is 0 Å². The summed E-state index contributed by atoms with van der Waals surface area (Å²) in [5.74, 6) is 0.337. The number of hydrogen-bond donors (Lipinski definition) is 1. The molecular formula is C18H20ClNO. The highest BCUT2D eigenvalue weighted by atomic mass is 35.5. The van der Waals surface area contributed by atoms with E-state index < -0.39 is 0 Å². The second-order valence-electron chi connectivity index (χ2n) is 5.33. The first-order valence-corrected chi connectivity index (χ1v) is 7.61. The average molecular weight is 302 g/mol. The van der Waals surface area contributed by atoms with Crippen LogP contribution in [0.4, 0.5) is 0 Å². The third-order valence-corrected chi connectivity index (χ3v) is 3.86. The molecule has 1 atom stereocenters. The van der Waals surface area contributed by atoms with Gasteiger partial charge in [-0.25, -0.2) is 0 Å². The second-order valence-corrected chi connectivity index (χ2v) is 5.64. The molecule has 0 fully saturated rings. The van der Waals surface area contributed by atoms with Crippen molar-refractivity contribution < 1.29 is 4.79 Å². The lowest BCUT2D eigenvalue weighted by molar-refractivity contribution is 0.0940. The Morgan fingerprint density at radius 1 is 1.14 bits per heavy atom. The molecular weight excluding hydrogens is 282 g/mol. The first-order chi connectivity index (χ1) is 10.1. The minimum absolute atomic E-state index is 0.0576. The van der Waals surface area contributed by atoms with Gasteiger partial charge in [0.05, 0.1) is 0 Å². The van der Waals surface area contributed by atoms with E-state index in [-0.39, 0.29) is 11.9 Å². The van der Waals surface area contributed by atoms with Crippen LogP contribution < -0.4 is 5.32 Å². The number of alkyl halides is 1. The highest BCUT2D eigenvalue weighted by Gasteiger charge is 2.15. The van der Waals surface area contributed by atoms with Crippen molar-refractivity contribution in [2.45, 2.75) is 26.3 Å². The average Bonchev–Trinajstić information content (AvgIpc) is 2.50. The van der Waals surface area contributed by atoms with Crippen molar-refractivity contribution in [3.8, 4) is 0 Å². The van der Waals surface area contributed by atoms with Crippen molar-refractivity contribution in [1.82, 2.24) is 5.32 Å². The summed E-state index contributed by atoms with van der Waals surface area (Å²) >= 11 is 6.01. The fraction of sp³-hybridized carbons (Fsp3) is 0.278. The number of carbonyl (C=O) groups excluding carboxylic acids is 1. The van der Waals surface area contributed by atoms with Gasteiger partial charge in [0.1, 0.15) is 0 Å². The molecule has 21 heavy (non-hydrogen) atoms. The van der Waals surface area contributed by atoms with Gasteiger partial charge >= 0.3 is 0 Å². The number of hydrogen-bond acceptors (Lipinski definition) is 1. The Kier molecular flexibility index (Phi) is 5.40. The normalized spacial score (nSPS) is 12.0. The molecule has 0 aromatic heterocycles. The Morgan fingerprint density at radius 2 is 1.86 bits per heavy atom. The molecule has 0 radical (unpaired) electrons. The van der Waals surface area contributed by atoms with Crippen molar-refractivity contribution in [3.63, 3.8) is 0 Å². The first kappa shape index (κ1) is 15.6. The quantitative estimate of drug-likeness (QED) is 0.834. The van der Waals surface area contributed by atoms with Crippen LogP contribution in [0.5, 0.6) is 0 Å². The molecule has 110 valence electrons. The highest BCUT2D eigenvalue weighted by molar-refractivity contribution is 6.18. The summed E-state index contributed by atoms with van der Waals surface area (Å²) in [6, 6.07) is 15.9. The standard InChI is InChI=1S/C18H20ClNO/c1-13-8-9-14(2)17(10-13)18(21)20-16(12-19)11-15-6-4-3-5-7-15/h3-10,16H,11-12H2,1-2H3,(H,20,21). The number of aryl methyl sites for hydroxylation is 2. The van der Waals surface area contributed by atoms with Crippen LogP contribution in [0.3, 0.4) is 0 Å². The molecule has 0 aliphatic rings. The van der Waals surface area contributed by atoms with Crippen LogP contribution in [0.15, 0.2) is 48.5 Å². The minimum atomic E-state index is -0.0681. The van der Waals surface area contributed by atoms with Gasteiger partial charge < -0.3 is 5.32 Å². The molecule has 2 aromatic carbocycles.